The summed E-state index contributed by atoms with van der Waals surface area (Å²) in [5.41, 5.74) is 6.18. The summed E-state index contributed by atoms with van der Waals surface area (Å²) in [5.74, 6) is 0.887. The third-order valence-corrected chi connectivity index (χ3v) is 5.80. The SMILES string of the molecule is COc1ccc(N)cc1S(=O)(=O)N(CC1CC1)C1CC1. The summed E-state index contributed by atoms with van der Waals surface area (Å²) in [6, 6.07) is 4.92. The second-order valence-electron chi connectivity index (χ2n) is 5.66. The van der Waals surface area contributed by atoms with Crippen LogP contribution in [0.25, 0.3) is 0 Å². The fourth-order valence-corrected chi connectivity index (χ4v) is 4.34. The molecule has 0 heterocycles. The zero-order valence-electron chi connectivity index (χ0n) is 11.6. The summed E-state index contributed by atoms with van der Waals surface area (Å²) >= 11 is 0. The first kappa shape index (κ1) is 13.7. The van der Waals surface area contributed by atoms with E-state index >= 15 is 0 Å². The number of benzene rings is 1. The van der Waals surface area contributed by atoms with E-state index in [4.69, 9.17) is 10.5 Å². The van der Waals surface area contributed by atoms with Gasteiger partial charge in [0.25, 0.3) is 0 Å². The van der Waals surface area contributed by atoms with Crippen LogP contribution in [0.2, 0.25) is 0 Å². The molecule has 0 atom stereocenters. The van der Waals surface area contributed by atoms with Gasteiger partial charge in [-0.1, -0.05) is 0 Å². The average molecular weight is 296 g/mol. The number of nitrogens with two attached hydrogens (primary N) is 1. The normalized spacial score (nSPS) is 19.3. The van der Waals surface area contributed by atoms with Gasteiger partial charge >= 0.3 is 0 Å². The quantitative estimate of drug-likeness (QED) is 0.813. The molecule has 0 spiro atoms. The predicted molar refractivity (Wildman–Crippen MR) is 77.0 cm³/mol. The monoisotopic (exact) mass is 296 g/mol. The lowest BCUT2D eigenvalue weighted by Crippen LogP contribution is -2.35. The zero-order chi connectivity index (χ0) is 14.3. The van der Waals surface area contributed by atoms with E-state index in [9.17, 15) is 8.42 Å². The van der Waals surface area contributed by atoms with Gasteiger partial charge in [0.15, 0.2) is 0 Å². The van der Waals surface area contributed by atoms with Crippen molar-refractivity contribution >= 4 is 15.7 Å². The topological polar surface area (TPSA) is 72.6 Å². The number of methoxy groups -OCH3 is 1. The molecule has 0 unspecified atom stereocenters. The Hall–Kier alpha value is -1.27. The molecule has 2 fully saturated rings. The molecular formula is C14H20N2O3S. The first-order valence-corrected chi connectivity index (χ1v) is 8.41. The number of nitrogens with zero attached hydrogens (tertiary/aromatic N) is 1. The molecule has 1 aromatic carbocycles. The molecular weight excluding hydrogens is 276 g/mol. The van der Waals surface area contributed by atoms with Crippen molar-refractivity contribution in [3.8, 4) is 5.75 Å². The molecule has 0 bridgehead atoms. The summed E-state index contributed by atoms with van der Waals surface area (Å²) in [4.78, 5) is 0.188. The summed E-state index contributed by atoms with van der Waals surface area (Å²) in [6.45, 7) is 0.630. The van der Waals surface area contributed by atoms with E-state index in [0.29, 0.717) is 23.9 Å². The van der Waals surface area contributed by atoms with Crippen LogP contribution < -0.4 is 10.5 Å². The van der Waals surface area contributed by atoms with Crippen molar-refractivity contribution < 1.29 is 13.2 Å². The second-order valence-corrected chi connectivity index (χ2v) is 7.52. The van der Waals surface area contributed by atoms with E-state index in [1.54, 1.807) is 16.4 Å². The third-order valence-electron chi connectivity index (χ3n) is 3.86. The molecule has 0 saturated heterocycles. The minimum atomic E-state index is -3.53. The largest absolute Gasteiger partial charge is 0.495 e. The van der Waals surface area contributed by atoms with Crippen LogP contribution in [-0.2, 0) is 10.0 Å². The van der Waals surface area contributed by atoms with Crippen LogP contribution in [-0.4, -0.2) is 32.4 Å². The minimum Gasteiger partial charge on any atom is -0.495 e. The lowest BCUT2D eigenvalue weighted by Gasteiger charge is -2.23. The number of hydrogen-bond donors (Lipinski definition) is 1. The van der Waals surface area contributed by atoms with Crippen molar-refractivity contribution in [2.24, 2.45) is 5.92 Å². The van der Waals surface area contributed by atoms with Gasteiger partial charge in [-0.25, -0.2) is 8.42 Å². The molecule has 20 heavy (non-hydrogen) atoms. The molecule has 5 nitrogen and oxygen atoms in total. The number of sulfonamides is 1. The molecule has 6 heteroatoms. The van der Waals surface area contributed by atoms with Gasteiger partial charge in [0.1, 0.15) is 10.6 Å². The molecule has 110 valence electrons. The smallest absolute Gasteiger partial charge is 0.247 e. The summed E-state index contributed by atoms with van der Waals surface area (Å²) in [6.07, 6.45) is 4.17. The maximum atomic E-state index is 12.9. The van der Waals surface area contributed by atoms with Gasteiger partial charge in [0, 0.05) is 18.3 Å². The third kappa shape index (κ3) is 2.62. The molecule has 2 aliphatic rings. The summed E-state index contributed by atoms with van der Waals surface area (Å²) in [5, 5.41) is 0. The predicted octanol–water partition coefficient (Wildman–Crippen LogP) is 1.84. The van der Waals surface area contributed by atoms with Crippen LogP contribution in [0.3, 0.4) is 0 Å². The molecule has 1 aromatic rings. The van der Waals surface area contributed by atoms with Gasteiger partial charge in [-0.15, -0.1) is 0 Å². The highest BCUT2D eigenvalue weighted by atomic mass is 32.2. The average Bonchev–Trinajstić information content (AvgIpc) is 3.27. The molecule has 2 aliphatic carbocycles. The fourth-order valence-electron chi connectivity index (χ4n) is 2.38. The van der Waals surface area contributed by atoms with Gasteiger partial charge in [0.05, 0.1) is 7.11 Å². The molecule has 0 radical (unpaired) electrons. The Morgan fingerprint density at radius 2 is 2.00 bits per heavy atom. The van der Waals surface area contributed by atoms with E-state index in [1.165, 1.54) is 13.2 Å². The van der Waals surface area contributed by atoms with Crippen LogP contribution in [0, 0.1) is 5.92 Å². The van der Waals surface area contributed by atoms with Gasteiger partial charge in [-0.2, -0.15) is 4.31 Å². The van der Waals surface area contributed by atoms with Gasteiger partial charge in [-0.3, -0.25) is 0 Å². The number of ether oxygens (including phenoxy) is 1. The standard InChI is InChI=1S/C14H20N2O3S/c1-19-13-7-4-11(15)8-14(13)20(17,18)16(12-5-6-12)9-10-2-3-10/h4,7-8,10,12H,2-3,5-6,9,15H2,1H3. The Bertz CT molecular complexity index is 607. The Morgan fingerprint density at radius 1 is 1.30 bits per heavy atom. The van der Waals surface area contributed by atoms with Crippen molar-refractivity contribution in [1.82, 2.24) is 4.31 Å². The lowest BCUT2D eigenvalue weighted by molar-refractivity contribution is 0.376. The van der Waals surface area contributed by atoms with Crippen LogP contribution in [0.15, 0.2) is 23.1 Å². The molecule has 0 aromatic heterocycles. The van der Waals surface area contributed by atoms with Crippen LogP contribution in [0.1, 0.15) is 25.7 Å². The number of anilines is 1. The first-order chi connectivity index (χ1) is 9.52. The van der Waals surface area contributed by atoms with Gasteiger partial charge < -0.3 is 10.5 Å². The first-order valence-electron chi connectivity index (χ1n) is 6.97. The molecule has 0 amide bonds. The van der Waals surface area contributed by atoms with E-state index < -0.39 is 10.0 Å². The van der Waals surface area contributed by atoms with Crippen molar-refractivity contribution in [2.75, 3.05) is 19.4 Å². The summed E-state index contributed by atoms with van der Waals surface area (Å²) in [7, 11) is -2.05. The summed E-state index contributed by atoms with van der Waals surface area (Å²) < 4.78 is 32.6. The number of nitrogen functional groups attached to an aromatic ring is 1. The maximum Gasteiger partial charge on any atom is 0.247 e. The van der Waals surface area contributed by atoms with E-state index in [-0.39, 0.29) is 10.9 Å². The van der Waals surface area contributed by atoms with Crippen LogP contribution >= 0.6 is 0 Å². The Labute approximate surface area is 119 Å². The Balaban J connectivity index is 1.98. The number of rotatable bonds is 6. The zero-order valence-corrected chi connectivity index (χ0v) is 12.4. The van der Waals surface area contributed by atoms with E-state index in [1.807, 2.05) is 0 Å². The minimum absolute atomic E-state index is 0.159. The van der Waals surface area contributed by atoms with Crippen LogP contribution in [0.5, 0.6) is 5.75 Å². The molecule has 2 saturated carbocycles. The molecule has 3 rings (SSSR count). The Morgan fingerprint density at radius 3 is 2.55 bits per heavy atom. The van der Waals surface area contributed by atoms with Crippen molar-refractivity contribution in [3.63, 3.8) is 0 Å². The second kappa shape index (κ2) is 4.93. The highest BCUT2D eigenvalue weighted by molar-refractivity contribution is 7.89. The molecule has 0 aliphatic heterocycles. The van der Waals surface area contributed by atoms with E-state index in [2.05, 4.69) is 0 Å². The van der Waals surface area contributed by atoms with Crippen molar-refractivity contribution in [1.29, 1.82) is 0 Å². The maximum absolute atomic E-state index is 12.9. The number of hydrogen-bond acceptors (Lipinski definition) is 4. The molecule has 2 N–H and O–H groups in total. The van der Waals surface area contributed by atoms with E-state index in [0.717, 1.165) is 25.7 Å². The lowest BCUT2D eigenvalue weighted by atomic mass is 10.3. The van der Waals surface area contributed by atoms with Crippen molar-refractivity contribution in [3.05, 3.63) is 18.2 Å². The fraction of sp³-hybridized carbons (Fsp3) is 0.571. The highest BCUT2D eigenvalue weighted by Crippen LogP contribution is 2.39. The van der Waals surface area contributed by atoms with Crippen LogP contribution in [0.4, 0.5) is 5.69 Å². The highest BCUT2D eigenvalue weighted by Gasteiger charge is 2.42. The van der Waals surface area contributed by atoms with Crippen molar-refractivity contribution in [2.45, 2.75) is 36.6 Å². The van der Waals surface area contributed by atoms with Gasteiger partial charge in [-0.05, 0) is 49.8 Å². The van der Waals surface area contributed by atoms with Gasteiger partial charge in [0.2, 0.25) is 10.0 Å². The Kier molecular flexibility index (Phi) is 3.38.